The van der Waals surface area contributed by atoms with E-state index >= 15 is 0 Å². The van der Waals surface area contributed by atoms with Gasteiger partial charge in [0.25, 0.3) is 0 Å². The van der Waals surface area contributed by atoms with Crippen LogP contribution in [0, 0.1) is 5.82 Å². The highest BCUT2D eigenvalue weighted by Crippen LogP contribution is 2.44. The molecule has 5 rings (SSSR count). The highest BCUT2D eigenvalue weighted by Gasteiger charge is 2.58. The number of carbonyl (C=O) groups is 1. The summed E-state index contributed by atoms with van der Waals surface area (Å²) >= 11 is 0. The van der Waals surface area contributed by atoms with Crippen LogP contribution in [0.2, 0.25) is 0 Å². The molecule has 1 aliphatic rings. The van der Waals surface area contributed by atoms with Gasteiger partial charge in [-0.05, 0) is 31.0 Å². The quantitative estimate of drug-likeness (QED) is 0.425. The second-order valence-electron chi connectivity index (χ2n) is 8.03. The number of halogens is 1. The van der Waals surface area contributed by atoms with E-state index in [2.05, 4.69) is 25.5 Å². The van der Waals surface area contributed by atoms with Crippen molar-refractivity contribution < 1.29 is 22.1 Å². The van der Waals surface area contributed by atoms with Crippen LogP contribution in [0.1, 0.15) is 18.4 Å². The third kappa shape index (κ3) is 3.96. The second-order valence-corrected chi connectivity index (χ2v) is 10.4. The molecule has 10 nitrogen and oxygen atoms in total. The lowest BCUT2D eigenvalue weighted by Crippen LogP contribution is -2.37. The van der Waals surface area contributed by atoms with Crippen molar-refractivity contribution in [3.05, 3.63) is 66.3 Å². The molecule has 1 aromatic carbocycles. The van der Waals surface area contributed by atoms with Crippen LogP contribution in [0.25, 0.3) is 22.9 Å². The standard InChI is InChI=1S/C22H19FN6O4S/c1-34(31,32)22(8-9-22)21(30)26-19-6-10-24-20(25-19)17-12-18(16-7-11-33-28-16)29(27-17)13-14-4-2-3-5-15(14)23/h2-7,10-12H,8-9,13H2,1H3,(H,24,25,26,30). The van der Waals surface area contributed by atoms with Gasteiger partial charge in [0.15, 0.2) is 20.4 Å². The van der Waals surface area contributed by atoms with E-state index in [0.717, 1.165) is 6.26 Å². The first-order valence-electron chi connectivity index (χ1n) is 10.3. The summed E-state index contributed by atoms with van der Waals surface area (Å²) in [6, 6.07) is 11.2. The molecule has 0 aliphatic heterocycles. The molecule has 1 N–H and O–H groups in total. The van der Waals surface area contributed by atoms with E-state index in [9.17, 15) is 17.6 Å². The summed E-state index contributed by atoms with van der Waals surface area (Å²) in [5.41, 5.74) is 1.83. The van der Waals surface area contributed by atoms with Crippen LogP contribution < -0.4 is 5.32 Å². The lowest BCUT2D eigenvalue weighted by atomic mass is 10.2. The maximum atomic E-state index is 14.3. The van der Waals surface area contributed by atoms with Gasteiger partial charge in [0, 0.05) is 24.1 Å². The predicted octanol–water partition coefficient (Wildman–Crippen LogP) is 2.70. The van der Waals surface area contributed by atoms with Crippen LogP contribution in [0.5, 0.6) is 0 Å². The SMILES string of the molecule is CS(=O)(=O)C1(C(=O)Nc2ccnc(-c3cc(-c4ccon4)n(Cc4ccccc4F)n3)n2)CC1. The summed E-state index contributed by atoms with van der Waals surface area (Å²) in [5, 5.41) is 11.1. The maximum absolute atomic E-state index is 14.3. The zero-order valence-corrected chi connectivity index (χ0v) is 18.8. The molecule has 1 aliphatic carbocycles. The Labute approximate surface area is 193 Å². The summed E-state index contributed by atoms with van der Waals surface area (Å²) < 4.78 is 43.4. The minimum atomic E-state index is -3.55. The number of nitrogens with one attached hydrogen (secondary N) is 1. The second kappa shape index (κ2) is 8.13. The predicted molar refractivity (Wildman–Crippen MR) is 120 cm³/mol. The van der Waals surface area contributed by atoms with Crippen LogP contribution in [-0.4, -0.2) is 50.2 Å². The van der Waals surface area contributed by atoms with Crippen molar-refractivity contribution in [3.63, 3.8) is 0 Å². The fraction of sp³-hybridized carbons (Fsp3) is 0.227. The number of amides is 1. The van der Waals surface area contributed by atoms with E-state index in [-0.39, 0.29) is 36.8 Å². The average molecular weight is 482 g/mol. The number of rotatable bonds is 7. The molecule has 1 fully saturated rings. The molecule has 0 saturated heterocycles. The van der Waals surface area contributed by atoms with Crippen molar-refractivity contribution in [3.8, 4) is 22.9 Å². The largest absolute Gasteiger partial charge is 0.364 e. The van der Waals surface area contributed by atoms with E-state index in [1.165, 1.54) is 24.6 Å². The Hall–Kier alpha value is -3.93. The Morgan fingerprint density at radius 2 is 2.00 bits per heavy atom. The van der Waals surface area contributed by atoms with Gasteiger partial charge < -0.3 is 9.84 Å². The topological polar surface area (TPSA) is 133 Å². The van der Waals surface area contributed by atoms with E-state index in [4.69, 9.17) is 4.52 Å². The molecule has 34 heavy (non-hydrogen) atoms. The number of benzene rings is 1. The number of aromatic nitrogens is 5. The normalized spacial score (nSPS) is 14.6. The third-order valence-electron chi connectivity index (χ3n) is 5.71. The number of hydrogen-bond donors (Lipinski definition) is 1. The van der Waals surface area contributed by atoms with Gasteiger partial charge >= 0.3 is 0 Å². The number of nitrogens with zero attached hydrogens (tertiary/aromatic N) is 5. The molecule has 4 aromatic rings. The van der Waals surface area contributed by atoms with Gasteiger partial charge in [0.05, 0.1) is 12.2 Å². The number of hydrogen-bond acceptors (Lipinski definition) is 8. The Balaban J connectivity index is 1.47. The van der Waals surface area contributed by atoms with Crippen molar-refractivity contribution in [1.82, 2.24) is 24.9 Å². The highest BCUT2D eigenvalue weighted by molar-refractivity contribution is 7.93. The molecule has 1 saturated carbocycles. The first-order valence-corrected chi connectivity index (χ1v) is 12.2. The molecule has 3 aromatic heterocycles. The zero-order chi connectivity index (χ0) is 23.9. The van der Waals surface area contributed by atoms with Gasteiger partial charge in [0.2, 0.25) is 5.91 Å². The fourth-order valence-electron chi connectivity index (χ4n) is 3.65. The fourth-order valence-corrected chi connectivity index (χ4v) is 4.88. The van der Waals surface area contributed by atoms with Crippen LogP contribution in [-0.2, 0) is 21.2 Å². The first kappa shape index (κ1) is 21.9. The molecule has 1 amide bonds. The summed E-state index contributed by atoms with van der Waals surface area (Å²) in [4.78, 5) is 21.2. The zero-order valence-electron chi connectivity index (χ0n) is 18.0. The van der Waals surface area contributed by atoms with Crippen molar-refractivity contribution in [2.75, 3.05) is 11.6 Å². The first-order chi connectivity index (χ1) is 16.3. The lowest BCUT2D eigenvalue weighted by Gasteiger charge is -2.12. The van der Waals surface area contributed by atoms with Gasteiger partial charge in [-0.2, -0.15) is 5.10 Å². The maximum Gasteiger partial charge on any atom is 0.246 e. The summed E-state index contributed by atoms with van der Waals surface area (Å²) in [6.07, 6.45) is 4.45. The summed E-state index contributed by atoms with van der Waals surface area (Å²) in [6.45, 7) is 0.127. The molecule has 0 unspecified atom stereocenters. The smallest absolute Gasteiger partial charge is 0.246 e. The van der Waals surface area contributed by atoms with Gasteiger partial charge in [-0.3, -0.25) is 9.48 Å². The molecule has 0 spiro atoms. The number of carbonyl (C=O) groups excluding carboxylic acids is 1. The number of anilines is 1. The van der Waals surface area contributed by atoms with Crippen LogP contribution in [0.15, 0.2) is 59.4 Å². The lowest BCUT2D eigenvalue weighted by molar-refractivity contribution is -0.116. The minimum Gasteiger partial charge on any atom is -0.364 e. The van der Waals surface area contributed by atoms with Crippen LogP contribution in [0.3, 0.4) is 0 Å². The Kier molecular flexibility index (Phi) is 5.24. The van der Waals surface area contributed by atoms with Gasteiger partial charge in [-0.25, -0.2) is 22.8 Å². The van der Waals surface area contributed by atoms with Crippen molar-refractivity contribution in [1.29, 1.82) is 0 Å². The Bertz CT molecular complexity index is 1480. The molecular weight excluding hydrogens is 463 g/mol. The molecule has 3 heterocycles. The summed E-state index contributed by atoms with van der Waals surface area (Å²) in [7, 11) is -3.55. The Morgan fingerprint density at radius 3 is 2.68 bits per heavy atom. The molecule has 0 radical (unpaired) electrons. The van der Waals surface area contributed by atoms with E-state index < -0.39 is 20.5 Å². The van der Waals surface area contributed by atoms with Gasteiger partial charge in [-0.1, -0.05) is 23.4 Å². The molecular formula is C22H19FN6O4S. The van der Waals surface area contributed by atoms with Crippen LogP contribution >= 0.6 is 0 Å². The van der Waals surface area contributed by atoms with E-state index in [1.807, 2.05) is 0 Å². The molecule has 0 atom stereocenters. The van der Waals surface area contributed by atoms with Gasteiger partial charge in [0.1, 0.15) is 29.3 Å². The number of sulfone groups is 1. The van der Waals surface area contributed by atoms with Crippen molar-refractivity contribution in [2.45, 2.75) is 24.1 Å². The highest BCUT2D eigenvalue weighted by atomic mass is 32.2. The van der Waals surface area contributed by atoms with E-state index in [0.29, 0.717) is 22.6 Å². The van der Waals surface area contributed by atoms with E-state index in [1.54, 1.807) is 35.0 Å². The van der Waals surface area contributed by atoms with Crippen LogP contribution in [0.4, 0.5) is 10.2 Å². The minimum absolute atomic E-state index is 0.127. The summed E-state index contributed by atoms with van der Waals surface area (Å²) in [5.74, 6) is -0.643. The molecule has 0 bridgehead atoms. The molecule has 174 valence electrons. The van der Waals surface area contributed by atoms with Gasteiger partial charge in [-0.15, -0.1) is 0 Å². The average Bonchev–Trinajstić information content (AvgIpc) is 3.27. The Morgan fingerprint density at radius 1 is 1.21 bits per heavy atom. The third-order valence-corrected chi connectivity index (χ3v) is 7.73. The monoisotopic (exact) mass is 482 g/mol. The molecule has 12 heteroatoms. The van der Waals surface area contributed by atoms with Crippen molar-refractivity contribution in [2.24, 2.45) is 0 Å². The van der Waals surface area contributed by atoms with Crippen molar-refractivity contribution >= 4 is 21.6 Å².